The summed E-state index contributed by atoms with van der Waals surface area (Å²) in [7, 11) is -2.08. The fraction of sp³-hybridized carbons (Fsp3) is 0.385. The number of aromatic amines is 1. The van der Waals surface area contributed by atoms with Gasteiger partial charge in [0.25, 0.3) is 0 Å². The number of esters is 1. The normalized spacial score (nSPS) is 17.9. The first-order chi connectivity index (χ1) is 10.0. The van der Waals surface area contributed by atoms with Crippen LogP contribution in [0, 0.1) is 0 Å². The van der Waals surface area contributed by atoms with E-state index < -0.39 is 16.0 Å². The standard InChI is InChI=1S/C13H15N3O4S/c1-20-13(17)9-6-10-12(15-8-14-10)11(7-9)16-4-2-3-5-21(16,18)19/h6-8H,2-5H2,1H3,(H,14,15). The smallest absolute Gasteiger partial charge is 0.338 e. The van der Waals surface area contributed by atoms with Crippen molar-refractivity contribution in [2.75, 3.05) is 23.7 Å². The Morgan fingerprint density at radius 1 is 1.38 bits per heavy atom. The van der Waals surface area contributed by atoms with E-state index in [9.17, 15) is 13.2 Å². The Balaban J connectivity index is 2.20. The molecule has 0 spiro atoms. The number of ether oxygens (including phenoxy) is 1. The molecule has 1 saturated heterocycles. The van der Waals surface area contributed by atoms with Crippen LogP contribution in [0.2, 0.25) is 0 Å². The summed E-state index contributed by atoms with van der Waals surface area (Å²) in [6, 6.07) is 3.13. The Morgan fingerprint density at radius 3 is 2.90 bits per heavy atom. The van der Waals surface area contributed by atoms with Gasteiger partial charge in [0.1, 0.15) is 5.52 Å². The highest BCUT2D eigenvalue weighted by molar-refractivity contribution is 7.92. The van der Waals surface area contributed by atoms with Gasteiger partial charge in [-0.2, -0.15) is 0 Å². The molecule has 1 N–H and O–H groups in total. The minimum absolute atomic E-state index is 0.112. The predicted molar refractivity (Wildman–Crippen MR) is 77.8 cm³/mol. The van der Waals surface area contributed by atoms with Crippen LogP contribution in [0.25, 0.3) is 11.0 Å². The maximum absolute atomic E-state index is 12.3. The molecule has 0 amide bonds. The molecule has 2 heterocycles. The number of imidazole rings is 1. The molecular weight excluding hydrogens is 294 g/mol. The molecular formula is C13H15N3O4S. The van der Waals surface area contributed by atoms with Crippen LogP contribution in [0.1, 0.15) is 23.2 Å². The van der Waals surface area contributed by atoms with Gasteiger partial charge in [-0.3, -0.25) is 4.31 Å². The number of anilines is 1. The fourth-order valence-corrected chi connectivity index (χ4v) is 4.15. The zero-order valence-corrected chi connectivity index (χ0v) is 12.3. The third kappa shape index (κ3) is 2.35. The largest absolute Gasteiger partial charge is 0.465 e. The van der Waals surface area contributed by atoms with Gasteiger partial charge in [0.05, 0.1) is 36.0 Å². The van der Waals surface area contributed by atoms with E-state index in [-0.39, 0.29) is 5.75 Å². The number of carbonyl (C=O) groups is 1. The van der Waals surface area contributed by atoms with Crippen molar-refractivity contribution in [2.45, 2.75) is 12.8 Å². The number of hydrogen-bond acceptors (Lipinski definition) is 5. The summed E-state index contributed by atoms with van der Waals surface area (Å²) < 4.78 is 30.6. The maximum atomic E-state index is 12.3. The van der Waals surface area contributed by atoms with Crippen molar-refractivity contribution in [3.63, 3.8) is 0 Å². The summed E-state index contributed by atoms with van der Waals surface area (Å²) in [5.74, 6) is -0.399. The average Bonchev–Trinajstić information content (AvgIpc) is 2.93. The van der Waals surface area contributed by atoms with Gasteiger partial charge in [-0.15, -0.1) is 0 Å². The predicted octanol–water partition coefficient (Wildman–Crippen LogP) is 1.28. The van der Waals surface area contributed by atoms with Gasteiger partial charge >= 0.3 is 5.97 Å². The summed E-state index contributed by atoms with van der Waals surface area (Å²) in [4.78, 5) is 18.8. The van der Waals surface area contributed by atoms with E-state index in [1.807, 2.05) is 0 Å². The van der Waals surface area contributed by atoms with Crippen LogP contribution in [0.4, 0.5) is 5.69 Å². The molecule has 1 fully saturated rings. The first-order valence-electron chi connectivity index (χ1n) is 6.59. The monoisotopic (exact) mass is 309 g/mol. The number of nitrogens with one attached hydrogen (secondary N) is 1. The molecule has 1 aromatic heterocycles. The second kappa shape index (κ2) is 5.03. The van der Waals surface area contributed by atoms with E-state index in [4.69, 9.17) is 4.74 Å². The van der Waals surface area contributed by atoms with Crippen molar-refractivity contribution < 1.29 is 17.9 Å². The number of fused-ring (bicyclic) bond motifs is 1. The van der Waals surface area contributed by atoms with E-state index in [2.05, 4.69) is 9.97 Å². The topological polar surface area (TPSA) is 92.4 Å². The number of rotatable bonds is 2. The summed E-state index contributed by atoms with van der Waals surface area (Å²) in [6.07, 6.45) is 2.92. The van der Waals surface area contributed by atoms with Gasteiger partial charge in [0.2, 0.25) is 10.0 Å². The van der Waals surface area contributed by atoms with Crippen molar-refractivity contribution in [2.24, 2.45) is 0 Å². The molecule has 1 aromatic carbocycles. The summed E-state index contributed by atoms with van der Waals surface area (Å²) >= 11 is 0. The number of hydrogen-bond donors (Lipinski definition) is 1. The van der Waals surface area contributed by atoms with Gasteiger partial charge in [-0.05, 0) is 25.0 Å². The average molecular weight is 309 g/mol. The highest BCUT2D eigenvalue weighted by Crippen LogP contribution is 2.31. The highest BCUT2D eigenvalue weighted by Gasteiger charge is 2.29. The lowest BCUT2D eigenvalue weighted by molar-refractivity contribution is 0.0601. The molecule has 2 aromatic rings. The molecule has 0 saturated carbocycles. The summed E-state index contributed by atoms with van der Waals surface area (Å²) in [5.41, 5.74) is 1.86. The molecule has 112 valence electrons. The van der Waals surface area contributed by atoms with E-state index in [0.717, 1.165) is 6.42 Å². The second-order valence-electron chi connectivity index (χ2n) is 4.88. The lowest BCUT2D eigenvalue weighted by Crippen LogP contribution is -2.38. The van der Waals surface area contributed by atoms with E-state index in [0.29, 0.717) is 35.2 Å². The van der Waals surface area contributed by atoms with Gasteiger partial charge in [-0.1, -0.05) is 0 Å². The molecule has 0 bridgehead atoms. The van der Waals surface area contributed by atoms with Gasteiger partial charge < -0.3 is 9.72 Å². The van der Waals surface area contributed by atoms with E-state index >= 15 is 0 Å². The van der Waals surface area contributed by atoms with Crippen molar-refractivity contribution in [1.29, 1.82) is 0 Å². The molecule has 0 aliphatic carbocycles. The van der Waals surface area contributed by atoms with Crippen molar-refractivity contribution in [3.8, 4) is 0 Å². The van der Waals surface area contributed by atoms with Gasteiger partial charge in [0.15, 0.2) is 0 Å². The molecule has 3 rings (SSSR count). The third-order valence-corrected chi connectivity index (χ3v) is 5.40. The van der Waals surface area contributed by atoms with Crippen LogP contribution >= 0.6 is 0 Å². The maximum Gasteiger partial charge on any atom is 0.338 e. The number of carbonyl (C=O) groups excluding carboxylic acids is 1. The molecule has 1 aliphatic rings. The lowest BCUT2D eigenvalue weighted by Gasteiger charge is -2.28. The lowest BCUT2D eigenvalue weighted by atomic mass is 10.1. The number of nitrogens with zero attached hydrogens (tertiary/aromatic N) is 2. The molecule has 8 heteroatoms. The molecule has 0 unspecified atom stereocenters. The zero-order valence-electron chi connectivity index (χ0n) is 11.5. The van der Waals surface area contributed by atoms with Gasteiger partial charge in [0, 0.05) is 6.54 Å². The number of benzene rings is 1. The van der Waals surface area contributed by atoms with E-state index in [1.165, 1.54) is 23.8 Å². The number of methoxy groups -OCH3 is 1. The van der Waals surface area contributed by atoms with Crippen LogP contribution < -0.4 is 4.31 Å². The van der Waals surface area contributed by atoms with Crippen LogP contribution in [-0.2, 0) is 14.8 Å². The number of aromatic nitrogens is 2. The number of sulfonamides is 1. The van der Waals surface area contributed by atoms with Gasteiger partial charge in [-0.25, -0.2) is 18.2 Å². The zero-order chi connectivity index (χ0) is 15.0. The summed E-state index contributed by atoms with van der Waals surface area (Å²) in [6.45, 7) is 0.398. The quantitative estimate of drug-likeness (QED) is 0.844. The highest BCUT2D eigenvalue weighted by atomic mass is 32.2. The van der Waals surface area contributed by atoms with Crippen molar-refractivity contribution in [3.05, 3.63) is 24.0 Å². The van der Waals surface area contributed by atoms with Crippen LogP contribution in [0.3, 0.4) is 0 Å². The summed E-state index contributed by atoms with van der Waals surface area (Å²) in [5, 5.41) is 0. The van der Waals surface area contributed by atoms with Crippen LogP contribution in [0.15, 0.2) is 18.5 Å². The van der Waals surface area contributed by atoms with Crippen molar-refractivity contribution >= 4 is 32.7 Å². The minimum Gasteiger partial charge on any atom is -0.465 e. The minimum atomic E-state index is -3.37. The molecule has 7 nitrogen and oxygen atoms in total. The molecule has 21 heavy (non-hydrogen) atoms. The Hall–Kier alpha value is -2.09. The number of H-pyrrole nitrogens is 1. The van der Waals surface area contributed by atoms with Crippen LogP contribution in [-0.4, -0.2) is 43.8 Å². The molecule has 1 aliphatic heterocycles. The van der Waals surface area contributed by atoms with Crippen molar-refractivity contribution in [1.82, 2.24) is 9.97 Å². The fourth-order valence-electron chi connectivity index (χ4n) is 2.52. The third-order valence-electron chi connectivity index (χ3n) is 3.54. The Labute approximate surface area is 122 Å². The molecule has 0 radical (unpaired) electrons. The Bertz CT molecular complexity index is 797. The first kappa shape index (κ1) is 13.9. The Morgan fingerprint density at radius 2 is 2.19 bits per heavy atom. The first-order valence-corrected chi connectivity index (χ1v) is 8.20. The molecule has 0 atom stereocenters. The van der Waals surface area contributed by atoms with E-state index in [1.54, 1.807) is 6.07 Å². The SMILES string of the molecule is COC(=O)c1cc(N2CCCCS2(=O)=O)c2nc[nH]c2c1. The Kier molecular flexibility index (Phi) is 3.32. The van der Waals surface area contributed by atoms with Crippen LogP contribution in [0.5, 0.6) is 0 Å². The second-order valence-corrected chi connectivity index (χ2v) is 6.89.